The highest BCUT2D eigenvalue weighted by molar-refractivity contribution is 5.74. The Balaban J connectivity index is 2.49. The van der Waals surface area contributed by atoms with E-state index in [4.69, 9.17) is 4.74 Å². The molecule has 0 aromatic heterocycles. The molecule has 2 atom stereocenters. The van der Waals surface area contributed by atoms with Crippen LogP contribution in [0.4, 0.5) is 4.79 Å². The van der Waals surface area contributed by atoms with E-state index in [0.29, 0.717) is 13.0 Å². The summed E-state index contributed by atoms with van der Waals surface area (Å²) in [5.74, 6) is 0.824. The predicted octanol–water partition coefficient (Wildman–Crippen LogP) is 3.63. The van der Waals surface area contributed by atoms with Crippen molar-refractivity contribution < 1.29 is 14.6 Å². The fourth-order valence-electron chi connectivity index (χ4n) is 2.63. The first-order chi connectivity index (χ1) is 11.1. The molecule has 136 valence electrons. The summed E-state index contributed by atoms with van der Waals surface area (Å²) in [6, 6.07) is 7.44. The number of rotatable bonds is 8. The lowest BCUT2D eigenvalue weighted by Crippen LogP contribution is -2.42. The van der Waals surface area contributed by atoms with Crippen LogP contribution in [0.1, 0.15) is 59.6 Å². The van der Waals surface area contributed by atoms with Crippen molar-refractivity contribution in [3.8, 4) is 5.75 Å². The molecule has 0 fully saturated rings. The third kappa shape index (κ3) is 7.68. The first-order valence-corrected chi connectivity index (χ1v) is 8.58. The lowest BCUT2D eigenvalue weighted by atomic mass is 9.87. The van der Waals surface area contributed by atoms with Gasteiger partial charge >= 0.3 is 6.03 Å². The van der Waals surface area contributed by atoms with Gasteiger partial charge < -0.3 is 20.5 Å². The lowest BCUT2D eigenvalue weighted by molar-refractivity contribution is 0.128. The topological polar surface area (TPSA) is 70.6 Å². The highest BCUT2D eigenvalue weighted by Gasteiger charge is 2.21. The molecule has 1 aromatic rings. The molecule has 0 radical (unpaired) electrons. The van der Waals surface area contributed by atoms with Crippen molar-refractivity contribution in [1.82, 2.24) is 10.6 Å². The zero-order chi connectivity index (χ0) is 18.3. The summed E-state index contributed by atoms with van der Waals surface area (Å²) in [6.07, 6.45) is 0.401. The van der Waals surface area contributed by atoms with Crippen molar-refractivity contribution >= 4 is 6.03 Å². The van der Waals surface area contributed by atoms with Crippen LogP contribution in [-0.4, -0.2) is 29.9 Å². The molecular formula is C19H32N2O3. The molecular weight excluding hydrogens is 304 g/mol. The third-order valence-corrected chi connectivity index (χ3v) is 3.67. The van der Waals surface area contributed by atoms with Gasteiger partial charge in [0.1, 0.15) is 5.75 Å². The fraction of sp³-hybridized carbons (Fsp3) is 0.632. The van der Waals surface area contributed by atoms with Crippen LogP contribution in [0, 0.1) is 5.41 Å². The van der Waals surface area contributed by atoms with Gasteiger partial charge in [0, 0.05) is 6.54 Å². The number of urea groups is 1. The number of aliphatic hydroxyl groups excluding tert-OH is 1. The van der Waals surface area contributed by atoms with Crippen LogP contribution in [0.15, 0.2) is 24.3 Å². The first-order valence-electron chi connectivity index (χ1n) is 8.58. The molecule has 0 aliphatic rings. The van der Waals surface area contributed by atoms with Crippen LogP contribution >= 0.6 is 0 Å². The largest absolute Gasteiger partial charge is 0.491 e. The molecule has 2 unspecified atom stereocenters. The van der Waals surface area contributed by atoms with Gasteiger partial charge in [-0.25, -0.2) is 4.79 Å². The molecule has 0 heterocycles. The molecule has 0 aliphatic carbocycles. The van der Waals surface area contributed by atoms with E-state index < -0.39 is 0 Å². The Morgan fingerprint density at radius 1 is 1.17 bits per heavy atom. The van der Waals surface area contributed by atoms with Gasteiger partial charge in [0.2, 0.25) is 0 Å². The maximum atomic E-state index is 12.1. The Bertz CT molecular complexity index is 510. The van der Waals surface area contributed by atoms with Crippen LogP contribution in [0.5, 0.6) is 5.75 Å². The molecule has 0 saturated carbocycles. The second kappa shape index (κ2) is 8.92. The van der Waals surface area contributed by atoms with Crippen LogP contribution in [0.3, 0.4) is 0 Å². The number of nitrogens with one attached hydrogen (secondary N) is 2. The SMILES string of the molecule is CC(O)CC(C)(C)CNC(=O)NC(C)c1ccc(OC(C)C)cc1. The Kier molecular flexibility index (Phi) is 7.55. The molecule has 0 aliphatic heterocycles. The summed E-state index contributed by atoms with van der Waals surface area (Å²) in [5.41, 5.74) is 0.870. The van der Waals surface area contributed by atoms with Gasteiger partial charge in [-0.1, -0.05) is 26.0 Å². The van der Waals surface area contributed by atoms with Crippen molar-refractivity contribution in [2.24, 2.45) is 5.41 Å². The van der Waals surface area contributed by atoms with E-state index in [-0.39, 0.29) is 29.7 Å². The number of carbonyl (C=O) groups is 1. The highest BCUT2D eigenvalue weighted by Crippen LogP contribution is 2.21. The average molecular weight is 336 g/mol. The van der Waals surface area contributed by atoms with Gasteiger partial charge in [0.15, 0.2) is 0 Å². The standard InChI is InChI=1S/C19H32N2O3/c1-13(2)24-17-9-7-16(8-10-17)15(4)21-18(23)20-12-19(5,6)11-14(3)22/h7-10,13-15,22H,11-12H2,1-6H3,(H2,20,21,23). The van der Waals surface area contributed by atoms with Crippen molar-refractivity contribution in [3.05, 3.63) is 29.8 Å². The maximum absolute atomic E-state index is 12.1. The van der Waals surface area contributed by atoms with Crippen molar-refractivity contribution in [2.45, 2.75) is 66.2 Å². The zero-order valence-electron chi connectivity index (χ0n) is 15.7. The highest BCUT2D eigenvalue weighted by atomic mass is 16.5. The third-order valence-electron chi connectivity index (χ3n) is 3.67. The van der Waals surface area contributed by atoms with Crippen LogP contribution in [0.25, 0.3) is 0 Å². The molecule has 5 nitrogen and oxygen atoms in total. The minimum atomic E-state index is -0.379. The van der Waals surface area contributed by atoms with Crippen LogP contribution in [0.2, 0.25) is 0 Å². The summed E-state index contributed by atoms with van der Waals surface area (Å²) in [5, 5.41) is 15.3. The zero-order valence-corrected chi connectivity index (χ0v) is 15.7. The fourth-order valence-corrected chi connectivity index (χ4v) is 2.63. The number of aliphatic hydroxyl groups is 1. The van der Waals surface area contributed by atoms with Gasteiger partial charge in [0.05, 0.1) is 18.2 Å². The first kappa shape index (κ1) is 20.3. The second-order valence-corrected chi connectivity index (χ2v) is 7.50. The molecule has 0 saturated heterocycles. The number of carbonyl (C=O) groups excluding carboxylic acids is 1. The minimum Gasteiger partial charge on any atom is -0.491 e. The van der Waals surface area contributed by atoms with Crippen LogP contribution < -0.4 is 15.4 Å². The summed E-state index contributed by atoms with van der Waals surface area (Å²) in [7, 11) is 0. The molecule has 1 aromatic carbocycles. The molecule has 1 rings (SSSR count). The molecule has 24 heavy (non-hydrogen) atoms. The van der Waals surface area contributed by atoms with E-state index in [1.54, 1.807) is 6.92 Å². The number of hydrogen-bond acceptors (Lipinski definition) is 3. The Morgan fingerprint density at radius 2 is 1.75 bits per heavy atom. The van der Waals surface area contributed by atoms with Gasteiger partial charge in [0.25, 0.3) is 0 Å². The molecule has 3 N–H and O–H groups in total. The Labute approximate surface area is 145 Å². The minimum absolute atomic E-state index is 0.0991. The normalized spacial score (nSPS) is 14.2. The maximum Gasteiger partial charge on any atom is 0.315 e. The summed E-state index contributed by atoms with van der Waals surface area (Å²) in [6.45, 7) is 12.2. The van der Waals surface area contributed by atoms with E-state index in [9.17, 15) is 9.90 Å². The smallest absolute Gasteiger partial charge is 0.315 e. The average Bonchev–Trinajstić information content (AvgIpc) is 2.44. The van der Waals surface area contributed by atoms with E-state index in [2.05, 4.69) is 10.6 Å². The van der Waals surface area contributed by atoms with E-state index in [1.807, 2.05) is 58.9 Å². The monoisotopic (exact) mass is 336 g/mol. The number of hydrogen-bond donors (Lipinski definition) is 3. The molecule has 5 heteroatoms. The van der Waals surface area contributed by atoms with Gasteiger partial charge in [-0.2, -0.15) is 0 Å². The quantitative estimate of drug-likeness (QED) is 0.679. The summed E-state index contributed by atoms with van der Waals surface area (Å²) >= 11 is 0. The number of amides is 2. The van der Waals surface area contributed by atoms with Crippen molar-refractivity contribution in [1.29, 1.82) is 0 Å². The molecule has 0 spiro atoms. The van der Waals surface area contributed by atoms with Gasteiger partial charge in [-0.3, -0.25) is 0 Å². The van der Waals surface area contributed by atoms with Crippen molar-refractivity contribution in [2.75, 3.05) is 6.54 Å². The number of ether oxygens (including phenoxy) is 1. The second-order valence-electron chi connectivity index (χ2n) is 7.50. The van der Waals surface area contributed by atoms with E-state index in [1.165, 1.54) is 0 Å². The van der Waals surface area contributed by atoms with E-state index >= 15 is 0 Å². The van der Waals surface area contributed by atoms with Crippen molar-refractivity contribution in [3.63, 3.8) is 0 Å². The van der Waals surface area contributed by atoms with E-state index in [0.717, 1.165) is 11.3 Å². The molecule has 2 amide bonds. The Hall–Kier alpha value is -1.75. The van der Waals surface area contributed by atoms with Gasteiger partial charge in [-0.15, -0.1) is 0 Å². The predicted molar refractivity (Wildman–Crippen MR) is 97.2 cm³/mol. The number of benzene rings is 1. The van der Waals surface area contributed by atoms with Crippen LogP contribution in [-0.2, 0) is 0 Å². The molecule has 0 bridgehead atoms. The summed E-state index contributed by atoms with van der Waals surface area (Å²) < 4.78 is 5.62. The Morgan fingerprint density at radius 3 is 2.25 bits per heavy atom. The summed E-state index contributed by atoms with van der Waals surface area (Å²) in [4.78, 5) is 12.1. The lowest BCUT2D eigenvalue weighted by Gasteiger charge is -2.27. The van der Waals surface area contributed by atoms with Gasteiger partial charge in [-0.05, 0) is 57.2 Å².